The van der Waals surface area contributed by atoms with Gasteiger partial charge in [-0.15, -0.1) is 0 Å². The maximum absolute atomic E-state index is 12.8. The van der Waals surface area contributed by atoms with Gasteiger partial charge < -0.3 is 10.2 Å². The lowest BCUT2D eigenvalue weighted by molar-refractivity contribution is -0.128. The van der Waals surface area contributed by atoms with E-state index in [9.17, 15) is 9.59 Å². The molecule has 0 bridgehead atoms. The summed E-state index contributed by atoms with van der Waals surface area (Å²) in [5.41, 5.74) is 2.39. The topological polar surface area (TPSA) is 49.4 Å². The van der Waals surface area contributed by atoms with Crippen molar-refractivity contribution in [3.05, 3.63) is 70.2 Å². The van der Waals surface area contributed by atoms with E-state index in [-0.39, 0.29) is 11.8 Å². The maximum atomic E-state index is 12.8. The Bertz CT molecular complexity index is 743. The third-order valence-corrected chi connectivity index (χ3v) is 4.17. The molecule has 5 heteroatoms. The normalized spacial score (nSPS) is 17.7. The highest BCUT2D eigenvalue weighted by Gasteiger charge is 2.34. The van der Waals surface area contributed by atoms with Crippen LogP contribution in [0.15, 0.2) is 48.5 Å². The molecule has 1 fully saturated rings. The number of nitrogens with zero attached hydrogens (tertiary/aromatic N) is 1. The molecular formula is C18H17ClN2O2. The molecule has 2 aromatic rings. The molecule has 4 nitrogen and oxygen atoms in total. The minimum absolute atomic E-state index is 0.148. The van der Waals surface area contributed by atoms with Crippen LogP contribution in [0.1, 0.15) is 27.5 Å². The first kappa shape index (κ1) is 15.6. The van der Waals surface area contributed by atoms with Crippen molar-refractivity contribution in [1.29, 1.82) is 0 Å². The molecule has 23 heavy (non-hydrogen) atoms. The zero-order chi connectivity index (χ0) is 16.4. The fourth-order valence-electron chi connectivity index (χ4n) is 2.76. The number of rotatable bonds is 2. The molecule has 1 atom stereocenters. The monoisotopic (exact) mass is 328 g/mol. The molecule has 0 aliphatic carbocycles. The molecule has 1 heterocycles. The second kappa shape index (κ2) is 6.42. The summed E-state index contributed by atoms with van der Waals surface area (Å²) in [5.74, 6) is -0.330. The van der Waals surface area contributed by atoms with Gasteiger partial charge >= 0.3 is 0 Å². The first-order chi connectivity index (χ1) is 11.1. The highest BCUT2D eigenvalue weighted by Crippen LogP contribution is 2.27. The molecule has 2 amide bonds. The van der Waals surface area contributed by atoms with E-state index in [1.54, 1.807) is 35.2 Å². The number of amides is 2. The van der Waals surface area contributed by atoms with Crippen LogP contribution in [0.2, 0.25) is 5.02 Å². The lowest BCUT2D eigenvalue weighted by Crippen LogP contribution is -2.52. The number of carbonyl (C=O) groups is 2. The molecule has 0 radical (unpaired) electrons. The molecule has 1 aliphatic heterocycles. The molecule has 0 aromatic heterocycles. The number of carbonyl (C=O) groups excluding carboxylic acids is 2. The molecule has 1 saturated heterocycles. The summed E-state index contributed by atoms with van der Waals surface area (Å²) < 4.78 is 0. The lowest BCUT2D eigenvalue weighted by Gasteiger charge is -2.35. The van der Waals surface area contributed by atoms with E-state index in [0.29, 0.717) is 23.7 Å². The average molecular weight is 329 g/mol. The quantitative estimate of drug-likeness (QED) is 0.921. The van der Waals surface area contributed by atoms with E-state index < -0.39 is 6.04 Å². The van der Waals surface area contributed by atoms with Crippen molar-refractivity contribution in [3.8, 4) is 0 Å². The van der Waals surface area contributed by atoms with Gasteiger partial charge in [-0.05, 0) is 36.8 Å². The van der Waals surface area contributed by atoms with Crippen LogP contribution in [-0.2, 0) is 4.79 Å². The Hall–Kier alpha value is -2.33. The van der Waals surface area contributed by atoms with Gasteiger partial charge in [0.25, 0.3) is 5.91 Å². The summed E-state index contributed by atoms with van der Waals surface area (Å²) in [6, 6.07) is 13.8. The summed E-state index contributed by atoms with van der Waals surface area (Å²) in [6.45, 7) is 2.89. The summed E-state index contributed by atoms with van der Waals surface area (Å²) in [5, 5.41) is 3.36. The second-order valence-corrected chi connectivity index (χ2v) is 6.05. The van der Waals surface area contributed by atoms with Gasteiger partial charge in [0.1, 0.15) is 6.04 Å². The van der Waals surface area contributed by atoms with Gasteiger partial charge in [-0.2, -0.15) is 0 Å². The Morgan fingerprint density at radius 1 is 1.22 bits per heavy atom. The third kappa shape index (κ3) is 3.22. The van der Waals surface area contributed by atoms with E-state index >= 15 is 0 Å². The molecule has 0 spiro atoms. The van der Waals surface area contributed by atoms with Gasteiger partial charge in [0.2, 0.25) is 5.91 Å². The standard InChI is InChI=1S/C18H17ClN2O2/c1-12-5-7-13(8-6-12)18(23)21-10-9-20-17(22)16(21)14-3-2-4-15(19)11-14/h2-8,11,16H,9-10H2,1H3,(H,20,22). The van der Waals surface area contributed by atoms with E-state index in [1.807, 2.05) is 25.1 Å². The Labute approximate surface area is 140 Å². The average Bonchev–Trinajstić information content (AvgIpc) is 2.54. The smallest absolute Gasteiger partial charge is 0.254 e. The molecule has 0 saturated carbocycles. The molecule has 1 N–H and O–H groups in total. The Morgan fingerprint density at radius 2 is 1.96 bits per heavy atom. The zero-order valence-corrected chi connectivity index (χ0v) is 13.5. The number of nitrogens with one attached hydrogen (secondary N) is 1. The SMILES string of the molecule is Cc1ccc(C(=O)N2CCNC(=O)C2c2cccc(Cl)c2)cc1. The van der Waals surface area contributed by atoms with Gasteiger partial charge in [0, 0.05) is 23.7 Å². The summed E-state index contributed by atoms with van der Waals surface area (Å²) in [6.07, 6.45) is 0. The highest BCUT2D eigenvalue weighted by atomic mass is 35.5. The summed E-state index contributed by atoms with van der Waals surface area (Å²) >= 11 is 6.04. The number of aryl methyl sites for hydroxylation is 1. The largest absolute Gasteiger partial charge is 0.352 e. The third-order valence-electron chi connectivity index (χ3n) is 3.94. The molecule has 2 aromatic carbocycles. The van der Waals surface area contributed by atoms with Crippen LogP contribution in [0.5, 0.6) is 0 Å². The van der Waals surface area contributed by atoms with Crippen LogP contribution in [0.4, 0.5) is 0 Å². The summed E-state index contributed by atoms with van der Waals surface area (Å²) in [7, 11) is 0. The van der Waals surface area contributed by atoms with Crippen LogP contribution in [0.3, 0.4) is 0 Å². The molecular weight excluding hydrogens is 312 g/mol. The van der Waals surface area contributed by atoms with E-state index in [1.165, 1.54) is 0 Å². The van der Waals surface area contributed by atoms with Gasteiger partial charge in [-0.25, -0.2) is 0 Å². The molecule has 1 unspecified atom stereocenters. The Balaban J connectivity index is 1.96. The van der Waals surface area contributed by atoms with Gasteiger partial charge in [-0.1, -0.05) is 41.4 Å². The molecule has 118 valence electrons. The minimum Gasteiger partial charge on any atom is -0.352 e. The van der Waals surface area contributed by atoms with Crippen molar-refractivity contribution in [2.24, 2.45) is 0 Å². The van der Waals surface area contributed by atoms with E-state index in [0.717, 1.165) is 11.1 Å². The van der Waals surface area contributed by atoms with Crippen LogP contribution < -0.4 is 5.32 Å². The number of benzene rings is 2. The Morgan fingerprint density at radius 3 is 2.65 bits per heavy atom. The van der Waals surface area contributed by atoms with E-state index in [2.05, 4.69) is 5.32 Å². The van der Waals surface area contributed by atoms with Crippen molar-refractivity contribution in [2.75, 3.05) is 13.1 Å². The van der Waals surface area contributed by atoms with Crippen molar-refractivity contribution in [2.45, 2.75) is 13.0 Å². The van der Waals surface area contributed by atoms with Crippen LogP contribution in [-0.4, -0.2) is 29.8 Å². The van der Waals surface area contributed by atoms with E-state index in [4.69, 9.17) is 11.6 Å². The predicted octanol–water partition coefficient (Wildman–Crippen LogP) is 2.96. The molecule has 3 rings (SSSR count). The van der Waals surface area contributed by atoms with Crippen LogP contribution in [0.25, 0.3) is 0 Å². The van der Waals surface area contributed by atoms with Gasteiger partial charge in [0.15, 0.2) is 0 Å². The first-order valence-corrected chi connectivity index (χ1v) is 7.85. The number of hydrogen-bond donors (Lipinski definition) is 1. The summed E-state index contributed by atoms with van der Waals surface area (Å²) in [4.78, 5) is 26.8. The zero-order valence-electron chi connectivity index (χ0n) is 12.8. The highest BCUT2D eigenvalue weighted by molar-refractivity contribution is 6.30. The fraction of sp³-hybridized carbons (Fsp3) is 0.222. The van der Waals surface area contributed by atoms with Gasteiger partial charge in [0.05, 0.1) is 0 Å². The minimum atomic E-state index is -0.656. The van der Waals surface area contributed by atoms with Crippen LogP contribution in [0, 0.1) is 6.92 Å². The maximum Gasteiger partial charge on any atom is 0.254 e. The van der Waals surface area contributed by atoms with Gasteiger partial charge in [-0.3, -0.25) is 9.59 Å². The fourth-order valence-corrected chi connectivity index (χ4v) is 2.95. The number of halogens is 1. The predicted molar refractivity (Wildman–Crippen MR) is 89.4 cm³/mol. The number of piperazine rings is 1. The number of hydrogen-bond acceptors (Lipinski definition) is 2. The second-order valence-electron chi connectivity index (χ2n) is 5.61. The van der Waals surface area contributed by atoms with Crippen molar-refractivity contribution < 1.29 is 9.59 Å². The van der Waals surface area contributed by atoms with Crippen LogP contribution >= 0.6 is 11.6 Å². The molecule has 1 aliphatic rings. The lowest BCUT2D eigenvalue weighted by atomic mass is 10.0. The van der Waals surface area contributed by atoms with Crippen molar-refractivity contribution in [3.63, 3.8) is 0 Å². The van der Waals surface area contributed by atoms with Crippen molar-refractivity contribution >= 4 is 23.4 Å². The van der Waals surface area contributed by atoms with Crippen molar-refractivity contribution in [1.82, 2.24) is 10.2 Å². The first-order valence-electron chi connectivity index (χ1n) is 7.47. The Kier molecular flexibility index (Phi) is 4.35.